The van der Waals surface area contributed by atoms with E-state index in [2.05, 4.69) is 10.2 Å². The van der Waals surface area contributed by atoms with Crippen molar-refractivity contribution < 1.29 is 14.4 Å². The third-order valence-electron chi connectivity index (χ3n) is 3.42. The molecule has 0 radical (unpaired) electrons. The zero-order valence-electron chi connectivity index (χ0n) is 12.6. The van der Waals surface area contributed by atoms with Gasteiger partial charge in [-0.25, -0.2) is 4.73 Å². The van der Waals surface area contributed by atoms with E-state index in [1.165, 1.54) is 30.5 Å². The maximum absolute atomic E-state index is 12.2. The van der Waals surface area contributed by atoms with Crippen LogP contribution in [-0.4, -0.2) is 22.2 Å². The summed E-state index contributed by atoms with van der Waals surface area (Å²) in [5.41, 5.74) is 1.47. The Labute approximate surface area is 136 Å². The van der Waals surface area contributed by atoms with Crippen LogP contribution < -0.4 is 9.47 Å². The second-order valence-electron chi connectivity index (χ2n) is 4.90. The molecule has 0 atom stereocenters. The number of non-ortho nitro benzene ring substituents is 1. The summed E-state index contributed by atoms with van der Waals surface area (Å²) in [6.07, 6.45) is 1.29. The Morgan fingerprint density at radius 3 is 2.17 bits per heavy atom. The molecule has 0 aliphatic heterocycles. The monoisotopic (exact) mass is 324 g/mol. The molecule has 2 aromatic carbocycles. The van der Waals surface area contributed by atoms with Crippen molar-refractivity contribution in [3.63, 3.8) is 0 Å². The molecule has 0 aliphatic carbocycles. The minimum Gasteiger partial charge on any atom is -0.710 e. The van der Waals surface area contributed by atoms with Crippen LogP contribution in [-0.2, 0) is 0 Å². The number of nitro benzene ring substituents is 1. The number of hydrogen-bond donors (Lipinski definition) is 0. The van der Waals surface area contributed by atoms with Gasteiger partial charge in [-0.15, -0.1) is 0 Å². The summed E-state index contributed by atoms with van der Waals surface area (Å²) in [7, 11) is 1.56. The number of hydrogen-bond acceptors (Lipinski definition) is 6. The summed E-state index contributed by atoms with van der Waals surface area (Å²) in [5.74, 6) is 0.829. The minimum absolute atomic E-state index is 0.0310. The van der Waals surface area contributed by atoms with E-state index in [0.29, 0.717) is 27.3 Å². The van der Waals surface area contributed by atoms with Crippen molar-refractivity contribution >= 4 is 5.69 Å². The molecule has 3 rings (SSSR count). The Hall–Kier alpha value is -3.55. The summed E-state index contributed by atoms with van der Waals surface area (Å²) in [6, 6.07) is 12.6. The average molecular weight is 324 g/mol. The van der Waals surface area contributed by atoms with Crippen LogP contribution in [0.1, 0.15) is 0 Å². The van der Waals surface area contributed by atoms with Crippen molar-refractivity contribution in [2.75, 3.05) is 7.11 Å². The Kier molecular flexibility index (Phi) is 4.02. The lowest BCUT2D eigenvalue weighted by atomic mass is 10.1. The Morgan fingerprint density at radius 1 is 1.00 bits per heavy atom. The molecule has 8 heteroatoms. The van der Waals surface area contributed by atoms with Crippen LogP contribution in [0.3, 0.4) is 0 Å². The molecule has 0 aliphatic rings. The zero-order valence-corrected chi connectivity index (χ0v) is 12.6. The molecule has 8 nitrogen and oxygen atoms in total. The first-order valence-corrected chi connectivity index (χ1v) is 6.94. The van der Waals surface area contributed by atoms with Gasteiger partial charge >= 0.3 is 5.82 Å². The maximum atomic E-state index is 12.2. The van der Waals surface area contributed by atoms with Crippen LogP contribution >= 0.6 is 0 Å². The molecule has 0 saturated heterocycles. The first-order valence-electron chi connectivity index (χ1n) is 6.94. The lowest BCUT2D eigenvalue weighted by molar-refractivity contribution is -0.596. The molecule has 0 amide bonds. The Bertz CT molecular complexity index is 880. The maximum Gasteiger partial charge on any atom is 0.360 e. The highest BCUT2D eigenvalue weighted by molar-refractivity contribution is 5.60. The fourth-order valence-corrected chi connectivity index (χ4v) is 2.15. The molecule has 0 fully saturated rings. The van der Waals surface area contributed by atoms with Gasteiger partial charge in [0, 0.05) is 17.7 Å². The third-order valence-corrected chi connectivity index (χ3v) is 3.42. The number of nitro groups is 1. The van der Waals surface area contributed by atoms with Crippen LogP contribution in [0.4, 0.5) is 5.69 Å². The van der Waals surface area contributed by atoms with Crippen LogP contribution in [0.15, 0.2) is 54.7 Å². The number of aromatic nitrogens is 3. The average Bonchev–Trinajstić information content (AvgIpc) is 2.62. The van der Waals surface area contributed by atoms with Gasteiger partial charge in [-0.2, -0.15) is 0 Å². The van der Waals surface area contributed by atoms with Crippen molar-refractivity contribution in [3.05, 3.63) is 70.0 Å². The number of benzene rings is 2. The van der Waals surface area contributed by atoms with Gasteiger partial charge in [-0.05, 0) is 41.5 Å². The number of nitrogens with zero attached hydrogens (tertiary/aromatic N) is 4. The molecule has 0 saturated carbocycles. The minimum atomic E-state index is -0.490. The van der Waals surface area contributed by atoms with E-state index in [1.54, 1.807) is 31.4 Å². The molecule has 1 heterocycles. The van der Waals surface area contributed by atoms with Crippen LogP contribution in [0.25, 0.3) is 22.6 Å². The SMILES string of the molecule is COc1ccc(-c2nnc(-c3ccc([N+](=O)[O-])cc3)c[n+]2[O-])cc1. The molecule has 0 bridgehead atoms. The second kappa shape index (κ2) is 6.29. The standard InChI is InChI=1S/C16H12N4O4/c1-24-14-8-4-12(5-9-14)16-18-17-15(10-19(16)21)11-2-6-13(7-3-11)20(22)23/h2-10H,1H3. The summed E-state index contributed by atoms with van der Waals surface area (Å²) in [5, 5.41) is 30.9. The van der Waals surface area contributed by atoms with E-state index in [4.69, 9.17) is 4.74 Å². The van der Waals surface area contributed by atoms with Crippen molar-refractivity contribution in [1.82, 2.24) is 10.2 Å². The van der Waals surface area contributed by atoms with Crippen molar-refractivity contribution in [2.45, 2.75) is 0 Å². The molecule has 1 aromatic heterocycles. The number of rotatable bonds is 4. The predicted molar refractivity (Wildman–Crippen MR) is 85.1 cm³/mol. The fourth-order valence-electron chi connectivity index (χ4n) is 2.15. The van der Waals surface area contributed by atoms with E-state index in [-0.39, 0.29) is 11.5 Å². The van der Waals surface area contributed by atoms with Crippen molar-refractivity contribution in [1.29, 1.82) is 0 Å². The molecule has 24 heavy (non-hydrogen) atoms. The fraction of sp³-hybridized carbons (Fsp3) is 0.0625. The van der Waals surface area contributed by atoms with Gasteiger partial charge < -0.3 is 9.94 Å². The van der Waals surface area contributed by atoms with Gasteiger partial charge in [0.15, 0.2) is 5.69 Å². The zero-order chi connectivity index (χ0) is 17.1. The van der Waals surface area contributed by atoms with Gasteiger partial charge in [0.2, 0.25) is 0 Å². The van der Waals surface area contributed by atoms with Crippen molar-refractivity contribution in [2.24, 2.45) is 0 Å². The quantitative estimate of drug-likeness (QED) is 0.316. The molecule has 120 valence electrons. The summed E-state index contributed by atoms with van der Waals surface area (Å²) >= 11 is 0. The van der Waals surface area contributed by atoms with E-state index < -0.39 is 4.92 Å². The topological polar surface area (TPSA) is 105 Å². The lowest BCUT2D eigenvalue weighted by Gasteiger charge is -2.07. The number of methoxy groups -OCH3 is 1. The van der Waals surface area contributed by atoms with Gasteiger partial charge in [0.1, 0.15) is 11.9 Å². The van der Waals surface area contributed by atoms with E-state index in [0.717, 1.165) is 0 Å². The molecular weight excluding hydrogens is 312 g/mol. The molecular formula is C16H12N4O4. The van der Waals surface area contributed by atoms with Gasteiger partial charge in [0.05, 0.1) is 22.7 Å². The summed E-state index contributed by atoms with van der Waals surface area (Å²) in [4.78, 5) is 10.2. The van der Waals surface area contributed by atoms with Gasteiger partial charge in [0.25, 0.3) is 5.69 Å². The van der Waals surface area contributed by atoms with Crippen LogP contribution in [0.5, 0.6) is 5.75 Å². The highest BCUT2D eigenvalue weighted by Gasteiger charge is 2.15. The van der Waals surface area contributed by atoms with Crippen LogP contribution in [0, 0.1) is 15.3 Å². The van der Waals surface area contributed by atoms with Crippen LogP contribution in [0.2, 0.25) is 0 Å². The summed E-state index contributed by atoms with van der Waals surface area (Å²) in [6.45, 7) is 0. The smallest absolute Gasteiger partial charge is 0.360 e. The predicted octanol–water partition coefficient (Wildman–Crippen LogP) is 2.36. The largest absolute Gasteiger partial charge is 0.710 e. The first kappa shape index (κ1) is 15.3. The number of ether oxygens (including phenoxy) is 1. The van der Waals surface area contributed by atoms with E-state index in [9.17, 15) is 15.3 Å². The lowest BCUT2D eigenvalue weighted by Crippen LogP contribution is -2.31. The van der Waals surface area contributed by atoms with E-state index >= 15 is 0 Å². The highest BCUT2D eigenvalue weighted by atomic mass is 16.6. The third kappa shape index (κ3) is 2.98. The van der Waals surface area contributed by atoms with Crippen molar-refractivity contribution in [3.8, 4) is 28.4 Å². The van der Waals surface area contributed by atoms with E-state index in [1.807, 2.05) is 0 Å². The summed E-state index contributed by atoms with van der Waals surface area (Å²) < 4.78 is 5.69. The second-order valence-corrected chi connectivity index (χ2v) is 4.90. The molecule has 0 spiro atoms. The first-order chi connectivity index (χ1) is 11.6. The van der Waals surface area contributed by atoms with Gasteiger partial charge in [-0.3, -0.25) is 10.1 Å². The highest BCUT2D eigenvalue weighted by Crippen LogP contribution is 2.21. The Balaban J connectivity index is 1.92. The Morgan fingerprint density at radius 2 is 1.62 bits per heavy atom. The molecule has 3 aromatic rings. The van der Waals surface area contributed by atoms with Gasteiger partial charge in [-0.1, -0.05) is 0 Å². The normalized spacial score (nSPS) is 10.4. The molecule has 0 N–H and O–H groups in total. The molecule has 0 unspecified atom stereocenters.